The number of hydrogen-bond acceptors (Lipinski definition) is 8. The number of benzene rings is 2. The lowest BCUT2D eigenvalue weighted by molar-refractivity contribution is 0.174. The number of ether oxygens (including phenoxy) is 2. The zero-order valence-electron chi connectivity index (χ0n) is 16.3. The average Bonchev–Trinajstić information content (AvgIpc) is 3.25. The summed E-state index contributed by atoms with van der Waals surface area (Å²) in [7, 11) is -0.952. The molecule has 1 aliphatic rings. The van der Waals surface area contributed by atoms with Gasteiger partial charge < -0.3 is 23.8 Å². The largest absolute Gasteiger partial charge is 0.454 e. The number of nitrogens with zero attached hydrogens (tertiary/aromatic N) is 1. The fourth-order valence-electron chi connectivity index (χ4n) is 3.16. The van der Waals surface area contributed by atoms with Gasteiger partial charge in [-0.15, -0.1) is 0 Å². The van der Waals surface area contributed by atoms with Gasteiger partial charge in [0.25, 0.3) is 0 Å². The summed E-state index contributed by atoms with van der Waals surface area (Å²) in [6.45, 7) is 0.214. The Labute approximate surface area is 172 Å². The van der Waals surface area contributed by atoms with Crippen molar-refractivity contribution in [3.63, 3.8) is 0 Å². The van der Waals surface area contributed by atoms with Crippen LogP contribution >= 0.6 is 7.60 Å². The van der Waals surface area contributed by atoms with Crippen molar-refractivity contribution in [1.29, 1.82) is 0 Å². The highest BCUT2D eigenvalue weighted by Crippen LogP contribution is 2.59. The highest BCUT2D eigenvalue weighted by atomic mass is 31.2. The van der Waals surface area contributed by atoms with E-state index in [0.717, 1.165) is 11.1 Å². The summed E-state index contributed by atoms with van der Waals surface area (Å²) >= 11 is 0. The molecular formula is C20H20N3O6P. The Balaban J connectivity index is 1.67. The summed E-state index contributed by atoms with van der Waals surface area (Å²) in [6, 6.07) is 14.7. The predicted octanol–water partition coefficient (Wildman–Crippen LogP) is 3.76. The van der Waals surface area contributed by atoms with E-state index in [1.165, 1.54) is 20.4 Å². The molecule has 0 spiro atoms. The molecule has 2 heterocycles. The van der Waals surface area contributed by atoms with Gasteiger partial charge in [-0.2, -0.15) is 0 Å². The van der Waals surface area contributed by atoms with Crippen LogP contribution in [0.2, 0.25) is 0 Å². The third-order valence-corrected chi connectivity index (χ3v) is 6.80. The van der Waals surface area contributed by atoms with Crippen LogP contribution in [0.1, 0.15) is 11.3 Å². The Kier molecular flexibility index (Phi) is 5.59. The lowest BCUT2D eigenvalue weighted by Crippen LogP contribution is -2.18. The molecule has 30 heavy (non-hydrogen) atoms. The maximum Gasteiger partial charge on any atom is 0.356 e. The molecule has 9 nitrogen and oxygen atoms in total. The van der Waals surface area contributed by atoms with Gasteiger partial charge in [0.1, 0.15) is 5.82 Å². The van der Waals surface area contributed by atoms with E-state index in [2.05, 4.69) is 15.3 Å². The number of anilines is 1. The summed E-state index contributed by atoms with van der Waals surface area (Å²) in [6.07, 6.45) is 1.35. The molecule has 2 N–H and O–H groups in total. The Hall–Kier alpha value is -3.13. The number of rotatable bonds is 7. The van der Waals surface area contributed by atoms with Crippen LogP contribution in [0.4, 0.5) is 5.82 Å². The van der Waals surface area contributed by atoms with Crippen molar-refractivity contribution in [3.05, 3.63) is 70.8 Å². The fraction of sp³-hybridized carbons (Fsp3) is 0.200. The third-order valence-electron chi connectivity index (χ3n) is 4.72. The summed E-state index contributed by atoms with van der Waals surface area (Å²) < 4.78 is 34.4. The molecule has 1 aliphatic heterocycles. The van der Waals surface area contributed by atoms with E-state index < -0.39 is 19.1 Å². The molecule has 0 fully saturated rings. The molecule has 156 valence electrons. The van der Waals surface area contributed by atoms with E-state index >= 15 is 0 Å². The van der Waals surface area contributed by atoms with Gasteiger partial charge in [0.2, 0.25) is 6.79 Å². The van der Waals surface area contributed by atoms with Crippen molar-refractivity contribution < 1.29 is 23.1 Å². The average molecular weight is 429 g/mol. The normalized spacial score (nSPS) is 13.8. The van der Waals surface area contributed by atoms with Crippen molar-refractivity contribution in [2.24, 2.45) is 0 Å². The standard InChI is InChI=1S/C20H20N3O6P/c1-26-30(25,27-2)19(22-18-9-10-21-20(24)23-18)14-5-3-13(4-6-14)15-7-8-16-17(11-15)29-12-28-16/h3-11,19H,12H2,1-2H3,(H2,21,22,23,24). The maximum atomic E-state index is 13.2. The monoisotopic (exact) mass is 429 g/mol. The van der Waals surface area contributed by atoms with Gasteiger partial charge in [-0.05, 0) is 34.9 Å². The first kappa shape index (κ1) is 20.2. The number of nitrogens with one attached hydrogen (secondary N) is 2. The smallest absolute Gasteiger partial charge is 0.356 e. The van der Waals surface area contributed by atoms with Crippen LogP contribution in [0.3, 0.4) is 0 Å². The Morgan fingerprint density at radius 2 is 1.73 bits per heavy atom. The molecular weight excluding hydrogens is 409 g/mol. The van der Waals surface area contributed by atoms with Gasteiger partial charge in [0, 0.05) is 20.4 Å². The lowest BCUT2D eigenvalue weighted by Gasteiger charge is -2.26. The van der Waals surface area contributed by atoms with Gasteiger partial charge in [0.05, 0.1) is 0 Å². The topological polar surface area (TPSA) is 112 Å². The number of aromatic nitrogens is 2. The Morgan fingerprint density at radius 3 is 2.43 bits per heavy atom. The van der Waals surface area contributed by atoms with Crippen LogP contribution in [0.25, 0.3) is 11.1 Å². The zero-order valence-corrected chi connectivity index (χ0v) is 17.2. The first-order chi connectivity index (χ1) is 14.5. The van der Waals surface area contributed by atoms with Crippen molar-refractivity contribution in [1.82, 2.24) is 9.97 Å². The molecule has 0 saturated heterocycles. The molecule has 4 rings (SSSR count). The first-order valence-corrected chi connectivity index (χ1v) is 10.7. The first-order valence-electron chi connectivity index (χ1n) is 9.05. The molecule has 0 bridgehead atoms. The quantitative estimate of drug-likeness (QED) is 0.546. The minimum Gasteiger partial charge on any atom is -0.454 e. The summed E-state index contributed by atoms with van der Waals surface area (Å²) in [5, 5.41) is 3.03. The Morgan fingerprint density at radius 1 is 1.03 bits per heavy atom. The lowest BCUT2D eigenvalue weighted by atomic mass is 10.0. The second kappa shape index (κ2) is 8.31. The van der Waals surface area contributed by atoms with Gasteiger partial charge in [-0.3, -0.25) is 9.55 Å². The molecule has 0 saturated carbocycles. The van der Waals surface area contributed by atoms with Crippen LogP contribution in [-0.2, 0) is 13.6 Å². The van der Waals surface area contributed by atoms with Crippen molar-refractivity contribution in [2.45, 2.75) is 5.78 Å². The molecule has 1 unspecified atom stereocenters. The molecule has 0 amide bonds. The van der Waals surface area contributed by atoms with Crippen LogP contribution in [-0.4, -0.2) is 31.0 Å². The predicted molar refractivity (Wildman–Crippen MR) is 111 cm³/mol. The second-order valence-electron chi connectivity index (χ2n) is 6.43. The van der Waals surface area contributed by atoms with E-state index in [0.29, 0.717) is 22.9 Å². The van der Waals surface area contributed by atoms with Gasteiger partial charge in [-0.1, -0.05) is 30.3 Å². The van der Waals surface area contributed by atoms with Crippen molar-refractivity contribution >= 4 is 13.4 Å². The zero-order chi connectivity index (χ0) is 21.1. The van der Waals surface area contributed by atoms with Crippen LogP contribution in [0.15, 0.2) is 59.5 Å². The highest BCUT2D eigenvalue weighted by molar-refractivity contribution is 7.54. The third kappa shape index (κ3) is 3.95. The molecule has 0 radical (unpaired) electrons. The van der Waals surface area contributed by atoms with E-state index in [1.54, 1.807) is 6.07 Å². The minimum absolute atomic E-state index is 0.214. The number of fused-ring (bicyclic) bond motifs is 1. The SMILES string of the molecule is COP(=O)(OC)C(Nc1ccnc(=O)[nH]1)c1ccc(-c2ccc3c(c2)OCO3)cc1. The molecule has 1 atom stereocenters. The number of aromatic amines is 1. The van der Waals surface area contributed by atoms with Gasteiger partial charge >= 0.3 is 13.3 Å². The summed E-state index contributed by atoms with van der Waals surface area (Å²) in [5.74, 6) is 0.902. The summed E-state index contributed by atoms with van der Waals surface area (Å²) in [5.41, 5.74) is 2.03. The van der Waals surface area contributed by atoms with Crippen LogP contribution in [0.5, 0.6) is 11.5 Å². The second-order valence-corrected chi connectivity index (χ2v) is 8.76. The van der Waals surface area contributed by atoms with Gasteiger partial charge in [-0.25, -0.2) is 9.78 Å². The van der Waals surface area contributed by atoms with E-state index in [-0.39, 0.29) is 6.79 Å². The molecule has 3 aromatic rings. The molecule has 2 aromatic carbocycles. The Bertz CT molecular complexity index is 1140. The molecule has 10 heteroatoms. The minimum atomic E-state index is -3.58. The van der Waals surface area contributed by atoms with Gasteiger partial charge in [0.15, 0.2) is 17.3 Å². The summed E-state index contributed by atoms with van der Waals surface area (Å²) in [4.78, 5) is 17.7. The maximum absolute atomic E-state index is 13.2. The van der Waals surface area contributed by atoms with E-state index in [9.17, 15) is 9.36 Å². The van der Waals surface area contributed by atoms with Crippen molar-refractivity contribution in [2.75, 3.05) is 26.3 Å². The van der Waals surface area contributed by atoms with Crippen LogP contribution < -0.4 is 20.5 Å². The number of hydrogen-bond donors (Lipinski definition) is 2. The molecule has 0 aliphatic carbocycles. The number of H-pyrrole nitrogens is 1. The van der Waals surface area contributed by atoms with Crippen LogP contribution in [0, 0.1) is 0 Å². The van der Waals surface area contributed by atoms with E-state index in [4.69, 9.17) is 18.5 Å². The fourth-order valence-corrected chi connectivity index (χ4v) is 4.57. The highest BCUT2D eigenvalue weighted by Gasteiger charge is 2.35. The van der Waals surface area contributed by atoms with E-state index in [1.807, 2.05) is 42.5 Å². The van der Waals surface area contributed by atoms with Crippen molar-refractivity contribution in [3.8, 4) is 22.6 Å². The molecule has 1 aromatic heterocycles.